The van der Waals surface area contributed by atoms with Crippen molar-refractivity contribution < 1.29 is 19.2 Å². The van der Waals surface area contributed by atoms with Gasteiger partial charge in [0.1, 0.15) is 0 Å². The summed E-state index contributed by atoms with van der Waals surface area (Å²) in [6, 6.07) is 5.01. The molecule has 0 heterocycles. The highest BCUT2D eigenvalue weighted by Crippen LogP contribution is 2.16. The SMILES string of the molecule is CCOC(=O)CCNC(=O)Nc1cccc([N+](=O)[O-])c1. The molecule has 2 amide bonds. The fourth-order valence-electron chi connectivity index (χ4n) is 1.38. The average Bonchev–Trinajstić information content (AvgIpc) is 2.39. The van der Waals surface area contributed by atoms with Crippen molar-refractivity contribution in [3.8, 4) is 0 Å². The second-order valence-corrected chi connectivity index (χ2v) is 3.74. The molecule has 0 atom stereocenters. The van der Waals surface area contributed by atoms with Gasteiger partial charge in [-0.05, 0) is 13.0 Å². The van der Waals surface area contributed by atoms with Crippen molar-refractivity contribution in [2.75, 3.05) is 18.5 Å². The highest BCUT2D eigenvalue weighted by molar-refractivity contribution is 5.89. The van der Waals surface area contributed by atoms with Crippen LogP contribution in [0.2, 0.25) is 0 Å². The van der Waals surface area contributed by atoms with Gasteiger partial charge >= 0.3 is 12.0 Å². The summed E-state index contributed by atoms with van der Waals surface area (Å²) in [4.78, 5) is 32.5. The molecular weight excluding hydrogens is 266 g/mol. The molecule has 0 bridgehead atoms. The van der Waals surface area contributed by atoms with Crippen LogP contribution < -0.4 is 10.6 Å². The van der Waals surface area contributed by atoms with Crippen LogP contribution in [0.1, 0.15) is 13.3 Å². The van der Waals surface area contributed by atoms with Gasteiger partial charge in [-0.1, -0.05) is 6.07 Å². The molecule has 0 aliphatic rings. The maximum absolute atomic E-state index is 11.5. The van der Waals surface area contributed by atoms with Crippen LogP contribution in [-0.2, 0) is 9.53 Å². The minimum atomic E-state index is -0.552. The smallest absolute Gasteiger partial charge is 0.319 e. The number of nitrogens with zero attached hydrogens (tertiary/aromatic N) is 1. The third-order valence-corrected chi connectivity index (χ3v) is 2.23. The van der Waals surface area contributed by atoms with E-state index >= 15 is 0 Å². The van der Waals surface area contributed by atoms with Crippen LogP contribution in [0, 0.1) is 10.1 Å². The Morgan fingerprint density at radius 2 is 2.15 bits per heavy atom. The molecule has 20 heavy (non-hydrogen) atoms. The quantitative estimate of drug-likeness (QED) is 0.468. The molecule has 108 valence electrons. The van der Waals surface area contributed by atoms with E-state index in [-0.39, 0.29) is 18.7 Å². The van der Waals surface area contributed by atoms with Crippen molar-refractivity contribution in [3.05, 3.63) is 34.4 Å². The van der Waals surface area contributed by atoms with E-state index in [1.165, 1.54) is 24.3 Å². The Kier molecular flexibility index (Phi) is 5.95. The summed E-state index contributed by atoms with van der Waals surface area (Å²) < 4.78 is 4.70. The third-order valence-electron chi connectivity index (χ3n) is 2.23. The summed E-state index contributed by atoms with van der Waals surface area (Å²) in [5, 5.41) is 15.5. The van der Waals surface area contributed by atoms with Gasteiger partial charge in [-0.25, -0.2) is 4.79 Å². The normalized spacial score (nSPS) is 9.65. The molecule has 2 N–H and O–H groups in total. The number of carbonyl (C=O) groups is 2. The van der Waals surface area contributed by atoms with Gasteiger partial charge in [0.25, 0.3) is 5.69 Å². The van der Waals surface area contributed by atoms with E-state index in [0.717, 1.165) is 0 Å². The number of esters is 1. The van der Waals surface area contributed by atoms with Crippen LogP contribution in [0.4, 0.5) is 16.2 Å². The van der Waals surface area contributed by atoms with Crippen molar-refractivity contribution in [2.45, 2.75) is 13.3 Å². The predicted molar refractivity (Wildman–Crippen MR) is 71.4 cm³/mol. The third kappa shape index (κ3) is 5.34. The molecular formula is C12H15N3O5. The molecule has 1 rings (SSSR count). The maximum Gasteiger partial charge on any atom is 0.319 e. The standard InChI is InChI=1S/C12H15N3O5/c1-2-20-11(16)6-7-13-12(17)14-9-4-3-5-10(8-9)15(18)19/h3-5,8H,2,6-7H2,1H3,(H2,13,14,17). The van der Waals surface area contributed by atoms with Gasteiger partial charge in [-0.3, -0.25) is 14.9 Å². The van der Waals surface area contributed by atoms with Crippen molar-refractivity contribution in [1.29, 1.82) is 0 Å². The van der Waals surface area contributed by atoms with Gasteiger partial charge in [-0.15, -0.1) is 0 Å². The summed E-state index contributed by atoms with van der Waals surface area (Å²) >= 11 is 0. The first-order valence-electron chi connectivity index (χ1n) is 5.98. The number of carbonyl (C=O) groups excluding carboxylic acids is 2. The van der Waals surface area contributed by atoms with Crippen LogP contribution in [0.3, 0.4) is 0 Å². The van der Waals surface area contributed by atoms with E-state index in [1.807, 2.05) is 0 Å². The number of anilines is 1. The van der Waals surface area contributed by atoms with Gasteiger partial charge < -0.3 is 15.4 Å². The number of non-ortho nitro benzene ring substituents is 1. The van der Waals surface area contributed by atoms with E-state index in [2.05, 4.69) is 10.6 Å². The van der Waals surface area contributed by atoms with Gasteiger partial charge in [0.15, 0.2) is 0 Å². The molecule has 0 aliphatic carbocycles. The molecule has 0 aliphatic heterocycles. The first kappa shape index (κ1) is 15.4. The lowest BCUT2D eigenvalue weighted by molar-refractivity contribution is -0.384. The van der Waals surface area contributed by atoms with E-state index in [0.29, 0.717) is 12.3 Å². The number of amides is 2. The van der Waals surface area contributed by atoms with Gasteiger partial charge in [0, 0.05) is 24.4 Å². The zero-order valence-electron chi connectivity index (χ0n) is 10.9. The van der Waals surface area contributed by atoms with Crippen molar-refractivity contribution in [2.24, 2.45) is 0 Å². The lowest BCUT2D eigenvalue weighted by Crippen LogP contribution is -2.30. The van der Waals surface area contributed by atoms with Crippen molar-refractivity contribution in [3.63, 3.8) is 0 Å². The second-order valence-electron chi connectivity index (χ2n) is 3.74. The second kappa shape index (κ2) is 7.72. The molecule has 8 heteroatoms. The van der Waals surface area contributed by atoms with E-state index in [4.69, 9.17) is 4.74 Å². The summed E-state index contributed by atoms with van der Waals surface area (Å²) in [7, 11) is 0. The number of nitro benzene ring substituents is 1. The number of benzene rings is 1. The van der Waals surface area contributed by atoms with E-state index in [9.17, 15) is 19.7 Å². The Hall–Kier alpha value is -2.64. The summed E-state index contributed by atoms with van der Waals surface area (Å²) in [6.07, 6.45) is 0.0657. The Labute approximate surface area is 115 Å². The first-order chi connectivity index (χ1) is 9.52. The largest absolute Gasteiger partial charge is 0.466 e. The monoisotopic (exact) mass is 281 g/mol. The molecule has 0 unspecified atom stereocenters. The average molecular weight is 281 g/mol. The molecule has 0 radical (unpaired) electrons. The summed E-state index contributed by atoms with van der Waals surface area (Å²) in [6.45, 7) is 2.11. The fraction of sp³-hybridized carbons (Fsp3) is 0.333. The first-order valence-corrected chi connectivity index (χ1v) is 5.98. The molecule has 0 saturated heterocycles. The maximum atomic E-state index is 11.5. The van der Waals surface area contributed by atoms with Crippen molar-refractivity contribution >= 4 is 23.4 Å². The number of urea groups is 1. The Bertz CT molecular complexity index is 504. The van der Waals surface area contributed by atoms with Gasteiger partial charge in [0.2, 0.25) is 0 Å². The lowest BCUT2D eigenvalue weighted by Gasteiger charge is -2.07. The number of rotatable bonds is 6. The zero-order valence-corrected chi connectivity index (χ0v) is 10.9. The summed E-state index contributed by atoms with van der Waals surface area (Å²) in [5.74, 6) is -0.400. The topological polar surface area (TPSA) is 111 Å². The Morgan fingerprint density at radius 3 is 2.80 bits per heavy atom. The Balaban J connectivity index is 2.41. The molecule has 1 aromatic carbocycles. The number of hydrogen-bond donors (Lipinski definition) is 2. The lowest BCUT2D eigenvalue weighted by atomic mass is 10.3. The minimum absolute atomic E-state index is 0.0657. The van der Waals surface area contributed by atoms with Crippen LogP contribution in [0.25, 0.3) is 0 Å². The predicted octanol–water partition coefficient (Wildman–Crippen LogP) is 1.67. The van der Waals surface area contributed by atoms with Crippen LogP contribution in [-0.4, -0.2) is 30.1 Å². The molecule has 0 spiro atoms. The van der Waals surface area contributed by atoms with Crippen molar-refractivity contribution in [1.82, 2.24) is 5.32 Å². The number of nitrogens with one attached hydrogen (secondary N) is 2. The van der Waals surface area contributed by atoms with E-state index < -0.39 is 16.9 Å². The zero-order chi connectivity index (χ0) is 15.0. The van der Waals surface area contributed by atoms with Crippen LogP contribution in [0.5, 0.6) is 0 Å². The molecule has 0 aromatic heterocycles. The summed E-state index contributed by atoms with van der Waals surface area (Å²) in [5.41, 5.74) is 0.183. The number of nitro groups is 1. The highest BCUT2D eigenvalue weighted by atomic mass is 16.6. The molecule has 1 aromatic rings. The molecule has 0 fully saturated rings. The van der Waals surface area contributed by atoms with E-state index in [1.54, 1.807) is 6.92 Å². The van der Waals surface area contributed by atoms with Gasteiger partial charge in [-0.2, -0.15) is 0 Å². The number of hydrogen-bond acceptors (Lipinski definition) is 5. The van der Waals surface area contributed by atoms with Gasteiger partial charge in [0.05, 0.1) is 18.0 Å². The Morgan fingerprint density at radius 1 is 1.40 bits per heavy atom. The number of ether oxygens (including phenoxy) is 1. The molecule has 0 saturated carbocycles. The molecule has 8 nitrogen and oxygen atoms in total. The minimum Gasteiger partial charge on any atom is -0.466 e. The highest BCUT2D eigenvalue weighted by Gasteiger charge is 2.08. The van der Waals surface area contributed by atoms with Crippen LogP contribution in [0.15, 0.2) is 24.3 Å². The van der Waals surface area contributed by atoms with Crippen LogP contribution >= 0.6 is 0 Å². The fourth-order valence-corrected chi connectivity index (χ4v) is 1.38.